The molecule has 5 nitrogen and oxygen atoms in total. The van der Waals surface area contributed by atoms with Crippen molar-refractivity contribution < 1.29 is 14.8 Å². The van der Waals surface area contributed by atoms with Crippen LogP contribution >= 0.6 is 11.6 Å². The van der Waals surface area contributed by atoms with E-state index in [-0.39, 0.29) is 18.2 Å². The Balaban J connectivity index is 2.55. The maximum absolute atomic E-state index is 12.1. The lowest BCUT2D eigenvalue weighted by Gasteiger charge is -2.14. The van der Waals surface area contributed by atoms with Crippen LogP contribution in [-0.4, -0.2) is 23.3 Å². The second kappa shape index (κ2) is 8.23. The molecule has 0 atom stereocenters. The van der Waals surface area contributed by atoms with E-state index in [4.69, 9.17) is 21.7 Å². The van der Waals surface area contributed by atoms with Crippen molar-refractivity contribution >= 4 is 34.8 Å². The molecular formula is C19H23ClN3O2+. The third-order valence-electron chi connectivity index (χ3n) is 3.68. The highest BCUT2D eigenvalue weighted by molar-refractivity contribution is 6.35. The number of carbonyl (C=O) groups is 1. The molecule has 0 amide bonds. The Bertz CT molecular complexity index is 803. The summed E-state index contributed by atoms with van der Waals surface area (Å²) in [6.45, 7) is 7.85. The average Bonchev–Trinajstić information content (AvgIpc) is 2.54. The SMILES string of the molecule is CCOC(=O)c1cc(Cl)c(C(=N)C(C)C)c([NH2+]c2cccc(C)c2)n1. The maximum Gasteiger partial charge on any atom is 0.357 e. The van der Waals surface area contributed by atoms with Crippen LogP contribution in [0.1, 0.15) is 42.4 Å². The van der Waals surface area contributed by atoms with Crippen LogP contribution in [0.4, 0.5) is 11.5 Å². The van der Waals surface area contributed by atoms with Gasteiger partial charge in [-0.2, -0.15) is 4.98 Å². The Morgan fingerprint density at radius 2 is 2.08 bits per heavy atom. The van der Waals surface area contributed by atoms with Gasteiger partial charge in [-0.25, -0.2) is 4.79 Å². The molecule has 25 heavy (non-hydrogen) atoms. The van der Waals surface area contributed by atoms with Crippen molar-refractivity contribution in [2.45, 2.75) is 27.7 Å². The third-order valence-corrected chi connectivity index (χ3v) is 3.97. The monoisotopic (exact) mass is 360 g/mol. The number of ether oxygens (including phenoxy) is 1. The second-order valence-electron chi connectivity index (χ2n) is 6.10. The molecule has 0 spiro atoms. The van der Waals surface area contributed by atoms with Crippen molar-refractivity contribution in [1.82, 2.24) is 4.98 Å². The Morgan fingerprint density at radius 1 is 1.36 bits per heavy atom. The summed E-state index contributed by atoms with van der Waals surface area (Å²) < 4.78 is 5.03. The number of benzene rings is 1. The van der Waals surface area contributed by atoms with E-state index in [2.05, 4.69) is 4.98 Å². The summed E-state index contributed by atoms with van der Waals surface area (Å²) in [5, 5.41) is 10.5. The fourth-order valence-corrected chi connectivity index (χ4v) is 2.72. The number of rotatable bonds is 6. The van der Waals surface area contributed by atoms with Crippen LogP contribution in [0.25, 0.3) is 0 Å². The summed E-state index contributed by atoms with van der Waals surface area (Å²) in [5.74, 6) is -0.0387. The van der Waals surface area contributed by atoms with Gasteiger partial charge in [-0.3, -0.25) is 5.32 Å². The first-order valence-electron chi connectivity index (χ1n) is 8.21. The summed E-state index contributed by atoms with van der Waals surface area (Å²) in [4.78, 5) is 16.5. The summed E-state index contributed by atoms with van der Waals surface area (Å²) in [6, 6.07) is 9.38. The zero-order valence-electron chi connectivity index (χ0n) is 14.9. The molecule has 0 unspecified atom stereocenters. The van der Waals surface area contributed by atoms with Gasteiger partial charge in [0.25, 0.3) is 0 Å². The smallest absolute Gasteiger partial charge is 0.357 e. The molecule has 0 saturated carbocycles. The van der Waals surface area contributed by atoms with Gasteiger partial charge in [0, 0.05) is 6.07 Å². The molecule has 132 valence electrons. The van der Waals surface area contributed by atoms with Gasteiger partial charge in [-0.05, 0) is 37.5 Å². The predicted molar refractivity (Wildman–Crippen MR) is 99.3 cm³/mol. The van der Waals surface area contributed by atoms with Gasteiger partial charge in [-0.15, -0.1) is 0 Å². The lowest BCUT2D eigenvalue weighted by molar-refractivity contribution is -0.483. The van der Waals surface area contributed by atoms with Crippen LogP contribution in [0.3, 0.4) is 0 Å². The van der Waals surface area contributed by atoms with Crippen LogP contribution in [0.15, 0.2) is 30.3 Å². The number of pyridine rings is 1. The lowest BCUT2D eigenvalue weighted by atomic mass is 10.00. The molecule has 3 N–H and O–H groups in total. The number of nitrogens with one attached hydrogen (secondary N) is 1. The molecular weight excluding hydrogens is 338 g/mol. The minimum absolute atomic E-state index is 0.0163. The summed E-state index contributed by atoms with van der Waals surface area (Å²) in [7, 11) is 0. The molecule has 2 rings (SSSR count). The number of esters is 1. The zero-order chi connectivity index (χ0) is 18.6. The van der Waals surface area contributed by atoms with E-state index in [1.165, 1.54) is 6.07 Å². The Morgan fingerprint density at radius 3 is 2.68 bits per heavy atom. The van der Waals surface area contributed by atoms with E-state index in [1.807, 2.05) is 50.4 Å². The van der Waals surface area contributed by atoms with E-state index in [0.29, 0.717) is 22.1 Å². The van der Waals surface area contributed by atoms with E-state index >= 15 is 0 Å². The average molecular weight is 361 g/mol. The van der Waals surface area contributed by atoms with Crippen molar-refractivity contribution in [3.8, 4) is 0 Å². The maximum atomic E-state index is 12.1. The Kier molecular flexibility index (Phi) is 6.28. The molecule has 0 bridgehead atoms. The van der Waals surface area contributed by atoms with Crippen LogP contribution in [0, 0.1) is 18.3 Å². The standard InChI is InChI=1S/C19H22ClN3O2/c1-5-25-19(24)15-10-14(20)16(17(21)11(2)3)18(23-15)22-13-8-6-7-12(4)9-13/h6-11,21H,5H2,1-4H3,(H,22,23)/p+1. The van der Waals surface area contributed by atoms with Gasteiger partial charge in [0.15, 0.2) is 5.69 Å². The van der Waals surface area contributed by atoms with Crippen LogP contribution in [0.5, 0.6) is 0 Å². The highest BCUT2D eigenvalue weighted by Crippen LogP contribution is 2.25. The topological polar surface area (TPSA) is 79.7 Å². The molecule has 0 aliphatic rings. The molecule has 0 radical (unpaired) electrons. The molecule has 1 aromatic heterocycles. The molecule has 1 aromatic carbocycles. The minimum Gasteiger partial charge on any atom is -0.461 e. The van der Waals surface area contributed by atoms with Gasteiger partial charge in [0.2, 0.25) is 5.82 Å². The molecule has 0 aliphatic heterocycles. The number of aryl methyl sites for hydroxylation is 1. The fraction of sp³-hybridized carbons (Fsp3) is 0.316. The quantitative estimate of drug-likeness (QED) is 0.467. The number of hydrogen-bond acceptors (Lipinski definition) is 4. The number of quaternary nitrogens is 1. The Labute approximate surface area is 152 Å². The third kappa shape index (κ3) is 4.65. The number of halogens is 1. The Hall–Kier alpha value is -2.24. The van der Waals surface area contributed by atoms with Crippen molar-refractivity contribution in [3.63, 3.8) is 0 Å². The van der Waals surface area contributed by atoms with Crippen molar-refractivity contribution in [3.05, 3.63) is 52.2 Å². The molecule has 0 saturated heterocycles. The number of nitrogens with two attached hydrogens (primary N) is 1. The van der Waals surface area contributed by atoms with E-state index in [1.54, 1.807) is 6.92 Å². The molecule has 0 fully saturated rings. The highest BCUT2D eigenvalue weighted by atomic mass is 35.5. The number of carbonyl (C=O) groups excluding carboxylic acids is 1. The normalized spacial score (nSPS) is 10.8. The predicted octanol–water partition coefficient (Wildman–Crippen LogP) is 3.77. The first kappa shape index (κ1) is 19.1. The molecule has 6 heteroatoms. The van der Waals surface area contributed by atoms with Gasteiger partial charge < -0.3 is 10.1 Å². The summed E-state index contributed by atoms with van der Waals surface area (Å²) in [5.41, 5.74) is 3.12. The zero-order valence-corrected chi connectivity index (χ0v) is 15.6. The lowest BCUT2D eigenvalue weighted by Crippen LogP contribution is -2.72. The van der Waals surface area contributed by atoms with Crippen molar-refractivity contribution in [2.24, 2.45) is 5.92 Å². The number of aromatic nitrogens is 1. The summed E-state index contributed by atoms with van der Waals surface area (Å²) >= 11 is 6.41. The second-order valence-corrected chi connectivity index (χ2v) is 6.50. The van der Waals surface area contributed by atoms with E-state index in [0.717, 1.165) is 11.3 Å². The first-order chi connectivity index (χ1) is 11.8. The van der Waals surface area contributed by atoms with Gasteiger partial charge >= 0.3 is 5.97 Å². The van der Waals surface area contributed by atoms with E-state index in [9.17, 15) is 4.79 Å². The van der Waals surface area contributed by atoms with Crippen molar-refractivity contribution in [1.29, 1.82) is 5.41 Å². The van der Waals surface area contributed by atoms with Gasteiger partial charge in [-0.1, -0.05) is 37.6 Å². The van der Waals surface area contributed by atoms with Crippen LogP contribution in [-0.2, 0) is 4.74 Å². The van der Waals surface area contributed by atoms with Gasteiger partial charge in [0.05, 0.1) is 22.9 Å². The van der Waals surface area contributed by atoms with Crippen LogP contribution in [0.2, 0.25) is 5.02 Å². The molecule has 1 heterocycles. The first-order valence-corrected chi connectivity index (χ1v) is 8.59. The van der Waals surface area contributed by atoms with E-state index < -0.39 is 5.97 Å². The minimum atomic E-state index is -0.522. The highest BCUT2D eigenvalue weighted by Gasteiger charge is 2.24. The molecule has 0 aliphatic carbocycles. The number of nitrogens with zero attached hydrogens (tertiary/aromatic N) is 1. The summed E-state index contributed by atoms with van der Waals surface area (Å²) in [6.07, 6.45) is 0. The van der Waals surface area contributed by atoms with Crippen molar-refractivity contribution in [2.75, 3.05) is 6.61 Å². The fourth-order valence-electron chi connectivity index (χ4n) is 2.42. The number of hydrogen-bond donors (Lipinski definition) is 2. The van der Waals surface area contributed by atoms with Gasteiger partial charge in [0.1, 0.15) is 5.69 Å². The van der Waals surface area contributed by atoms with Crippen LogP contribution < -0.4 is 5.32 Å². The largest absolute Gasteiger partial charge is 0.461 e. The molecule has 2 aromatic rings.